The van der Waals surface area contributed by atoms with Gasteiger partial charge in [-0.25, -0.2) is 0 Å². The van der Waals surface area contributed by atoms with E-state index in [2.05, 4.69) is 11.1 Å². The standard InChI is InChI=1S/C11H11ClN2/c1-6-3-7(2)10-9(4-6)14-5-8(12)11(10)13/h3-5H,1-2H3,(H2,13,14). The molecule has 0 amide bonds. The number of fused-ring (bicyclic) bond motifs is 1. The van der Waals surface area contributed by atoms with Crippen molar-refractivity contribution in [1.29, 1.82) is 0 Å². The number of hydrogen-bond acceptors (Lipinski definition) is 2. The molecule has 0 aliphatic carbocycles. The Morgan fingerprint density at radius 1 is 1.29 bits per heavy atom. The van der Waals surface area contributed by atoms with Crippen molar-refractivity contribution in [3.05, 3.63) is 34.5 Å². The number of anilines is 1. The molecule has 1 heterocycles. The van der Waals surface area contributed by atoms with Crippen molar-refractivity contribution >= 4 is 28.2 Å². The summed E-state index contributed by atoms with van der Waals surface area (Å²) >= 11 is 5.91. The van der Waals surface area contributed by atoms with Gasteiger partial charge < -0.3 is 5.73 Å². The Labute approximate surface area is 87.7 Å². The van der Waals surface area contributed by atoms with Gasteiger partial charge in [-0.05, 0) is 31.0 Å². The van der Waals surface area contributed by atoms with Crippen LogP contribution in [0.15, 0.2) is 18.3 Å². The highest BCUT2D eigenvalue weighted by atomic mass is 35.5. The number of aryl methyl sites for hydroxylation is 2. The summed E-state index contributed by atoms with van der Waals surface area (Å²) in [7, 11) is 0. The van der Waals surface area contributed by atoms with E-state index in [1.165, 1.54) is 5.56 Å². The molecule has 0 atom stereocenters. The number of hydrogen-bond donors (Lipinski definition) is 1. The quantitative estimate of drug-likeness (QED) is 0.720. The fraction of sp³-hybridized carbons (Fsp3) is 0.182. The van der Waals surface area contributed by atoms with Crippen LogP contribution < -0.4 is 5.73 Å². The van der Waals surface area contributed by atoms with E-state index in [0.717, 1.165) is 16.5 Å². The van der Waals surface area contributed by atoms with Crippen molar-refractivity contribution in [2.75, 3.05) is 5.73 Å². The van der Waals surface area contributed by atoms with Crippen LogP contribution in [-0.4, -0.2) is 4.98 Å². The van der Waals surface area contributed by atoms with Crippen LogP contribution in [-0.2, 0) is 0 Å². The Hall–Kier alpha value is -1.28. The fourth-order valence-corrected chi connectivity index (χ4v) is 1.86. The zero-order valence-corrected chi connectivity index (χ0v) is 8.89. The molecule has 0 unspecified atom stereocenters. The third kappa shape index (κ3) is 1.32. The van der Waals surface area contributed by atoms with Crippen molar-refractivity contribution in [3.8, 4) is 0 Å². The highest BCUT2D eigenvalue weighted by molar-refractivity contribution is 6.34. The maximum absolute atomic E-state index is 5.91. The number of nitrogens with two attached hydrogens (primary N) is 1. The topological polar surface area (TPSA) is 38.9 Å². The van der Waals surface area contributed by atoms with Gasteiger partial charge in [0.1, 0.15) is 0 Å². The predicted molar refractivity (Wildman–Crippen MR) is 60.6 cm³/mol. The summed E-state index contributed by atoms with van der Waals surface area (Å²) in [6, 6.07) is 4.09. The average molecular weight is 207 g/mol. The number of benzene rings is 1. The van der Waals surface area contributed by atoms with E-state index in [-0.39, 0.29) is 0 Å². The van der Waals surface area contributed by atoms with E-state index in [4.69, 9.17) is 17.3 Å². The second kappa shape index (κ2) is 3.14. The highest BCUT2D eigenvalue weighted by Gasteiger charge is 2.06. The van der Waals surface area contributed by atoms with Gasteiger partial charge in [0.2, 0.25) is 0 Å². The van der Waals surface area contributed by atoms with Crippen molar-refractivity contribution in [2.45, 2.75) is 13.8 Å². The number of nitrogen functional groups attached to an aromatic ring is 1. The Bertz CT molecular complexity index is 506. The number of rotatable bonds is 0. The summed E-state index contributed by atoms with van der Waals surface area (Å²) in [5.74, 6) is 0. The first-order valence-electron chi connectivity index (χ1n) is 4.40. The number of pyridine rings is 1. The molecule has 2 rings (SSSR count). The minimum Gasteiger partial charge on any atom is -0.397 e. The minimum atomic E-state index is 0.518. The maximum atomic E-state index is 5.91. The molecule has 14 heavy (non-hydrogen) atoms. The predicted octanol–water partition coefficient (Wildman–Crippen LogP) is 3.09. The molecule has 0 saturated heterocycles. The lowest BCUT2D eigenvalue weighted by molar-refractivity contribution is 1.36. The van der Waals surface area contributed by atoms with E-state index in [0.29, 0.717) is 10.7 Å². The number of aromatic nitrogens is 1. The van der Waals surface area contributed by atoms with E-state index >= 15 is 0 Å². The monoisotopic (exact) mass is 206 g/mol. The van der Waals surface area contributed by atoms with Crippen molar-refractivity contribution in [2.24, 2.45) is 0 Å². The summed E-state index contributed by atoms with van der Waals surface area (Å²) in [6.45, 7) is 4.06. The molecular formula is C11H11ClN2. The molecule has 0 aliphatic rings. The first-order valence-corrected chi connectivity index (χ1v) is 4.78. The lowest BCUT2D eigenvalue weighted by Gasteiger charge is -2.07. The van der Waals surface area contributed by atoms with Gasteiger partial charge in [0.05, 0.1) is 16.2 Å². The Kier molecular flexibility index (Phi) is 2.08. The van der Waals surface area contributed by atoms with Gasteiger partial charge in [-0.2, -0.15) is 0 Å². The molecule has 72 valence electrons. The van der Waals surface area contributed by atoms with Crippen LogP contribution in [0, 0.1) is 13.8 Å². The smallest absolute Gasteiger partial charge is 0.0825 e. The molecule has 0 aliphatic heterocycles. The van der Waals surface area contributed by atoms with E-state index in [1.807, 2.05) is 19.9 Å². The summed E-state index contributed by atoms with van der Waals surface area (Å²) in [6.07, 6.45) is 1.60. The van der Waals surface area contributed by atoms with Crippen LogP contribution in [0.2, 0.25) is 5.02 Å². The van der Waals surface area contributed by atoms with E-state index in [9.17, 15) is 0 Å². The molecule has 1 aromatic heterocycles. The normalized spacial score (nSPS) is 10.8. The zero-order chi connectivity index (χ0) is 10.3. The molecule has 2 aromatic rings. The Balaban J connectivity index is 2.95. The maximum Gasteiger partial charge on any atom is 0.0825 e. The van der Waals surface area contributed by atoms with Gasteiger partial charge in [0.25, 0.3) is 0 Å². The first kappa shape index (κ1) is 9.28. The third-order valence-corrected chi connectivity index (χ3v) is 2.60. The van der Waals surface area contributed by atoms with Crippen molar-refractivity contribution in [3.63, 3.8) is 0 Å². The first-order chi connectivity index (χ1) is 6.59. The van der Waals surface area contributed by atoms with Gasteiger partial charge in [-0.1, -0.05) is 17.7 Å². The molecule has 3 heteroatoms. The summed E-state index contributed by atoms with van der Waals surface area (Å²) in [4.78, 5) is 4.25. The molecule has 0 saturated carbocycles. The Morgan fingerprint density at radius 3 is 2.71 bits per heavy atom. The molecule has 2 N–H and O–H groups in total. The van der Waals surface area contributed by atoms with Crippen molar-refractivity contribution < 1.29 is 0 Å². The molecule has 0 fully saturated rings. The van der Waals surface area contributed by atoms with Crippen LogP contribution in [0.5, 0.6) is 0 Å². The zero-order valence-electron chi connectivity index (χ0n) is 8.13. The lowest BCUT2D eigenvalue weighted by atomic mass is 10.1. The van der Waals surface area contributed by atoms with Crippen LogP contribution >= 0.6 is 11.6 Å². The number of halogens is 1. The highest BCUT2D eigenvalue weighted by Crippen LogP contribution is 2.29. The summed E-state index contributed by atoms with van der Waals surface area (Å²) in [5.41, 5.74) is 9.73. The van der Waals surface area contributed by atoms with Gasteiger partial charge in [0.15, 0.2) is 0 Å². The molecule has 0 spiro atoms. The largest absolute Gasteiger partial charge is 0.397 e. The summed E-state index contributed by atoms with van der Waals surface area (Å²) in [5, 5.41) is 1.48. The lowest BCUT2D eigenvalue weighted by Crippen LogP contribution is -1.93. The van der Waals surface area contributed by atoms with E-state index < -0.39 is 0 Å². The second-order valence-corrected chi connectivity index (χ2v) is 3.90. The second-order valence-electron chi connectivity index (χ2n) is 3.50. The molecule has 0 radical (unpaired) electrons. The Morgan fingerprint density at radius 2 is 2.00 bits per heavy atom. The fourth-order valence-electron chi connectivity index (χ4n) is 1.71. The summed E-state index contributed by atoms with van der Waals surface area (Å²) < 4.78 is 0. The van der Waals surface area contributed by atoms with Crippen LogP contribution in [0.3, 0.4) is 0 Å². The van der Waals surface area contributed by atoms with Gasteiger partial charge in [-0.3, -0.25) is 4.98 Å². The van der Waals surface area contributed by atoms with E-state index in [1.54, 1.807) is 6.20 Å². The minimum absolute atomic E-state index is 0.518. The molecular weight excluding hydrogens is 196 g/mol. The number of nitrogens with zero attached hydrogens (tertiary/aromatic N) is 1. The van der Waals surface area contributed by atoms with Crippen LogP contribution in [0.4, 0.5) is 5.69 Å². The average Bonchev–Trinajstić information content (AvgIpc) is 2.10. The van der Waals surface area contributed by atoms with Crippen LogP contribution in [0.25, 0.3) is 10.9 Å². The van der Waals surface area contributed by atoms with Crippen LogP contribution in [0.1, 0.15) is 11.1 Å². The molecule has 0 bridgehead atoms. The third-order valence-electron chi connectivity index (χ3n) is 2.30. The van der Waals surface area contributed by atoms with Gasteiger partial charge in [-0.15, -0.1) is 0 Å². The SMILES string of the molecule is Cc1cc(C)c2c(N)c(Cl)cnc2c1. The van der Waals surface area contributed by atoms with Crippen molar-refractivity contribution in [1.82, 2.24) is 4.98 Å². The van der Waals surface area contributed by atoms with Gasteiger partial charge in [0, 0.05) is 11.6 Å². The molecule has 2 nitrogen and oxygen atoms in total. The molecule has 1 aromatic carbocycles. The van der Waals surface area contributed by atoms with Gasteiger partial charge >= 0.3 is 0 Å².